The zero-order valence-corrected chi connectivity index (χ0v) is 15.3. The third-order valence-electron chi connectivity index (χ3n) is 3.77. The van der Waals surface area contributed by atoms with E-state index < -0.39 is 22.5 Å². The van der Waals surface area contributed by atoms with Gasteiger partial charge in [0.2, 0.25) is 0 Å². The highest BCUT2D eigenvalue weighted by Gasteiger charge is 2.28. The lowest BCUT2D eigenvalue weighted by atomic mass is 10.1. The molecule has 1 N–H and O–H groups in total. The zero-order valence-electron chi connectivity index (χ0n) is 13.7. The summed E-state index contributed by atoms with van der Waals surface area (Å²) < 4.78 is 26.9. The molecule has 0 heterocycles. The van der Waals surface area contributed by atoms with Gasteiger partial charge in [-0.2, -0.15) is 0 Å². The molecule has 24 heavy (non-hydrogen) atoms. The van der Waals surface area contributed by atoms with E-state index >= 15 is 0 Å². The third kappa shape index (κ3) is 3.73. The predicted octanol–water partition coefficient (Wildman–Crippen LogP) is 3.31. The van der Waals surface area contributed by atoms with Crippen molar-refractivity contribution in [2.24, 2.45) is 0 Å². The number of sulfonamides is 1. The van der Waals surface area contributed by atoms with E-state index in [4.69, 9.17) is 0 Å². The van der Waals surface area contributed by atoms with Crippen LogP contribution in [0.15, 0.2) is 52.3 Å². The van der Waals surface area contributed by atoms with E-state index in [1.165, 1.54) is 23.9 Å². The summed E-state index contributed by atoms with van der Waals surface area (Å²) in [6.45, 7) is 3.01. The second kappa shape index (κ2) is 7.27. The van der Waals surface area contributed by atoms with Crippen LogP contribution in [-0.2, 0) is 14.8 Å². The Morgan fingerprint density at radius 3 is 2.29 bits per heavy atom. The molecule has 0 aliphatic carbocycles. The molecule has 2 aromatic rings. The van der Waals surface area contributed by atoms with Gasteiger partial charge in [0.05, 0.1) is 10.6 Å². The quantitative estimate of drug-likeness (QED) is 0.795. The number of carboxylic acid groups (broad SMARTS) is 1. The molecule has 0 saturated heterocycles. The minimum atomic E-state index is -3.97. The van der Waals surface area contributed by atoms with Crippen molar-refractivity contribution in [3.8, 4) is 0 Å². The standard InChI is InChI=1S/C17H19NO4S2/c1-12-5-4-6-16(13(12)2)18(11-17(19)20)24(21,22)15-9-7-14(23-3)8-10-15/h4-10H,11H2,1-3H3,(H,19,20). The van der Waals surface area contributed by atoms with E-state index in [2.05, 4.69) is 0 Å². The van der Waals surface area contributed by atoms with Crippen LogP contribution in [0.4, 0.5) is 5.69 Å². The molecule has 128 valence electrons. The van der Waals surface area contributed by atoms with Crippen molar-refractivity contribution in [1.82, 2.24) is 0 Å². The van der Waals surface area contributed by atoms with Crippen molar-refractivity contribution in [2.75, 3.05) is 17.1 Å². The maximum Gasteiger partial charge on any atom is 0.324 e. The van der Waals surface area contributed by atoms with Gasteiger partial charge in [0, 0.05) is 4.90 Å². The normalized spacial score (nSPS) is 11.3. The van der Waals surface area contributed by atoms with Crippen LogP contribution in [0.25, 0.3) is 0 Å². The van der Waals surface area contributed by atoms with E-state index in [1.807, 2.05) is 19.2 Å². The largest absolute Gasteiger partial charge is 0.480 e. The van der Waals surface area contributed by atoms with Gasteiger partial charge in [-0.1, -0.05) is 12.1 Å². The SMILES string of the molecule is CSc1ccc(S(=O)(=O)N(CC(=O)O)c2cccc(C)c2C)cc1. The molecule has 0 bridgehead atoms. The highest BCUT2D eigenvalue weighted by molar-refractivity contribution is 7.98. The van der Waals surface area contributed by atoms with Crippen LogP contribution in [0.1, 0.15) is 11.1 Å². The van der Waals surface area contributed by atoms with Gasteiger partial charge in [0.15, 0.2) is 0 Å². The topological polar surface area (TPSA) is 74.7 Å². The molecule has 2 rings (SSSR count). The minimum absolute atomic E-state index is 0.0717. The first-order valence-corrected chi connectivity index (χ1v) is 9.88. The lowest BCUT2D eigenvalue weighted by Gasteiger charge is -2.25. The zero-order chi connectivity index (χ0) is 17.9. The lowest BCUT2D eigenvalue weighted by molar-refractivity contribution is -0.135. The molecular weight excluding hydrogens is 346 g/mol. The van der Waals surface area contributed by atoms with Crippen molar-refractivity contribution in [3.63, 3.8) is 0 Å². The fraction of sp³-hybridized carbons (Fsp3) is 0.235. The number of aliphatic carboxylic acids is 1. The number of nitrogens with zero attached hydrogens (tertiary/aromatic N) is 1. The molecular formula is C17H19NO4S2. The van der Waals surface area contributed by atoms with Crippen LogP contribution >= 0.6 is 11.8 Å². The summed E-state index contributed by atoms with van der Waals surface area (Å²) in [5, 5.41) is 9.19. The van der Waals surface area contributed by atoms with Gasteiger partial charge in [-0.25, -0.2) is 8.42 Å². The van der Waals surface area contributed by atoms with Crippen molar-refractivity contribution in [1.29, 1.82) is 0 Å². The van der Waals surface area contributed by atoms with Crippen molar-refractivity contribution in [3.05, 3.63) is 53.6 Å². The molecule has 7 heteroatoms. The Balaban J connectivity index is 2.57. The van der Waals surface area contributed by atoms with Gasteiger partial charge in [-0.3, -0.25) is 9.10 Å². The summed E-state index contributed by atoms with van der Waals surface area (Å²) in [6.07, 6.45) is 1.90. The fourth-order valence-electron chi connectivity index (χ4n) is 2.30. The Morgan fingerprint density at radius 1 is 1.12 bits per heavy atom. The molecule has 0 amide bonds. The number of rotatable bonds is 6. The summed E-state index contributed by atoms with van der Waals surface area (Å²) in [4.78, 5) is 12.3. The van der Waals surface area contributed by atoms with E-state index in [9.17, 15) is 18.3 Å². The number of carboxylic acids is 1. The van der Waals surface area contributed by atoms with Crippen LogP contribution in [0.5, 0.6) is 0 Å². The fourth-order valence-corrected chi connectivity index (χ4v) is 4.18. The predicted molar refractivity (Wildman–Crippen MR) is 96.3 cm³/mol. The summed E-state index contributed by atoms with van der Waals surface area (Å²) in [5.41, 5.74) is 2.02. The molecule has 0 atom stereocenters. The maximum absolute atomic E-state index is 13.0. The Hall–Kier alpha value is -1.99. The van der Waals surface area contributed by atoms with Gasteiger partial charge in [0.25, 0.3) is 10.0 Å². The average Bonchev–Trinajstić information content (AvgIpc) is 2.55. The lowest BCUT2D eigenvalue weighted by Crippen LogP contribution is -2.36. The van der Waals surface area contributed by atoms with Crippen molar-refractivity contribution >= 4 is 33.4 Å². The highest BCUT2D eigenvalue weighted by atomic mass is 32.2. The summed E-state index contributed by atoms with van der Waals surface area (Å²) in [6, 6.07) is 11.6. The van der Waals surface area contributed by atoms with Gasteiger partial charge in [-0.15, -0.1) is 11.8 Å². The van der Waals surface area contributed by atoms with E-state index in [0.717, 1.165) is 20.3 Å². The first kappa shape index (κ1) is 18.4. The minimum Gasteiger partial charge on any atom is -0.480 e. The van der Waals surface area contributed by atoms with E-state index in [0.29, 0.717) is 5.69 Å². The van der Waals surface area contributed by atoms with Gasteiger partial charge in [0.1, 0.15) is 6.54 Å². The third-order valence-corrected chi connectivity index (χ3v) is 6.29. The smallest absolute Gasteiger partial charge is 0.324 e. The number of hydrogen-bond acceptors (Lipinski definition) is 4. The van der Waals surface area contributed by atoms with Gasteiger partial charge >= 0.3 is 5.97 Å². The summed E-state index contributed by atoms with van der Waals surface area (Å²) in [7, 11) is -3.97. The molecule has 0 aliphatic rings. The van der Waals surface area contributed by atoms with Crippen LogP contribution in [0.2, 0.25) is 0 Å². The van der Waals surface area contributed by atoms with E-state index in [-0.39, 0.29) is 4.90 Å². The average molecular weight is 365 g/mol. The van der Waals surface area contributed by atoms with Crippen LogP contribution < -0.4 is 4.31 Å². The number of benzene rings is 2. The Bertz CT molecular complexity index is 845. The molecule has 0 spiro atoms. The molecule has 0 radical (unpaired) electrons. The van der Waals surface area contributed by atoms with Crippen molar-refractivity contribution < 1.29 is 18.3 Å². The number of hydrogen-bond donors (Lipinski definition) is 1. The maximum atomic E-state index is 13.0. The van der Waals surface area contributed by atoms with Crippen LogP contribution in [0.3, 0.4) is 0 Å². The molecule has 5 nitrogen and oxygen atoms in total. The highest BCUT2D eigenvalue weighted by Crippen LogP contribution is 2.29. The molecule has 0 aliphatic heterocycles. The summed E-state index contributed by atoms with van der Waals surface area (Å²) >= 11 is 1.51. The second-order valence-electron chi connectivity index (χ2n) is 5.30. The van der Waals surface area contributed by atoms with Crippen LogP contribution in [-0.4, -0.2) is 32.3 Å². The number of anilines is 1. The van der Waals surface area contributed by atoms with Gasteiger partial charge in [-0.05, 0) is 61.6 Å². The first-order chi connectivity index (χ1) is 11.3. The second-order valence-corrected chi connectivity index (χ2v) is 8.04. The molecule has 0 saturated carbocycles. The summed E-state index contributed by atoms with van der Waals surface area (Å²) in [5.74, 6) is -1.21. The molecule has 0 fully saturated rings. The molecule has 0 aromatic heterocycles. The molecule has 2 aromatic carbocycles. The number of carbonyl (C=O) groups is 1. The van der Waals surface area contributed by atoms with Crippen LogP contribution in [0, 0.1) is 13.8 Å². The Morgan fingerprint density at radius 2 is 1.75 bits per heavy atom. The number of thioether (sulfide) groups is 1. The monoisotopic (exact) mass is 365 g/mol. The van der Waals surface area contributed by atoms with Gasteiger partial charge < -0.3 is 5.11 Å². The first-order valence-electron chi connectivity index (χ1n) is 7.22. The Labute approximate surface area is 146 Å². The van der Waals surface area contributed by atoms with Crippen molar-refractivity contribution in [2.45, 2.75) is 23.6 Å². The Kier molecular flexibility index (Phi) is 5.56. The number of aryl methyl sites for hydroxylation is 1. The molecule has 0 unspecified atom stereocenters. The van der Waals surface area contributed by atoms with E-state index in [1.54, 1.807) is 31.2 Å².